The third kappa shape index (κ3) is 1.70. The Hall–Kier alpha value is -0.730. The smallest absolute Gasteiger partial charge is 0.122 e. The molecule has 3 rings (SSSR count). The Morgan fingerprint density at radius 3 is 3.00 bits per heavy atom. The van der Waals surface area contributed by atoms with E-state index in [1.54, 1.807) is 7.11 Å². The molecular formula is C13H18ClNO. The number of benzene rings is 1. The molecule has 2 atom stereocenters. The summed E-state index contributed by atoms with van der Waals surface area (Å²) >= 11 is 0. The molecule has 1 saturated heterocycles. The molecule has 1 heterocycles. The minimum Gasteiger partial charge on any atom is -0.496 e. The van der Waals surface area contributed by atoms with Crippen molar-refractivity contribution in [1.82, 2.24) is 5.32 Å². The van der Waals surface area contributed by atoms with Crippen LogP contribution in [-0.4, -0.2) is 20.2 Å². The zero-order valence-corrected chi connectivity index (χ0v) is 10.3. The molecule has 1 N–H and O–H groups in total. The van der Waals surface area contributed by atoms with Gasteiger partial charge in [0.1, 0.15) is 5.75 Å². The molecule has 0 radical (unpaired) electrons. The first-order valence-electron chi connectivity index (χ1n) is 5.76. The Kier molecular flexibility index (Phi) is 3.41. The maximum absolute atomic E-state index is 5.49. The first kappa shape index (κ1) is 11.7. The van der Waals surface area contributed by atoms with E-state index in [1.807, 2.05) is 0 Å². The van der Waals surface area contributed by atoms with Crippen molar-refractivity contribution >= 4 is 12.4 Å². The molecule has 0 saturated carbocycles. The maximum Gasteiger partial charge on any atom is 0.122 e. The van der Waals surface area contributed by atoms with Gasteiger partial charge in [0.25, 0.3) is 0 Å². The lowest BCUT2D eigenvalue weighted by molar-refractivity contribution is 0.384. The van der Waals surface area contributed by atoms with Gasteiger partial charge in [0.15, 0.2) is 0 Å². The summed E-state index contributed by atoms with van der Waals surface area (Å²) in [6.45, 7) is 2.31. The lowest BCUT2D eigenvalue weighted by Crippen LogP contribution is -2.19. The SMILES string of the molecule is COc1cccc2c1[C@@H]1CNC[C@@H]1CC2.Cl. The van der Waals surface area contributed by atoms with Crippen LogP contribution < -0.4 is 10.1 Å². The van der Waals surface area contributed by atoms with Crippen molar-refractivity contribution in [2.75, 3.05) is 20.2 Å². The molecule has 1 aliphatic heterocycles. The van der Waals surface area contributed by atoms with Gasteiger partial charge in [-0.1, -0.05) is 12.1 Å². The molecule has 0 amide bonds. The number of nitrogens with one attached hydrogen (secondary N) is 1. The molecule has 2 nitrogen and oxygen atoms in total. The van der Waals surface area contributed by atoms with Gasteiger partial charge >= 0.3 is 0 Å². The highest BCUT2D eigenvalue weighted by atomic mass is 35.5. The highest BCUT2D eigenvalue weighted by Gasteiger charge is 2.34. The summed E-state index contributed by atoms with van der Waals surface area (Å²) in [5, 5.41) is 3.50. The predicted octanol–water partition coefficient (Wildman–Crippen LogP) is 2.37. The van der Waals surface area contributed by atoms with Crippen molar-refractivity contribution < 1.29 is 4.74 Å². The summed E-state index contributed by atoms with van der Waals surface area (Å²) in [6.07, 6.45) is 2.55. The van der Waals surface area contributed by atoms with Crippen LogP contribution in [0.4, 0.5) is 0 Å². The van der Waals surface area contributed by atoms with Crippen molar-refractivity contribution in [3.63, 3.8) is 0 Å². The van der Waals surface area contributed by atoms with Crippen LogP contribution in [0.3, 0.4) is 0 Å². The van der Waals surface area contributed by atoms with Crippen LogP contribution in [0.2, 0.25) is 0 Å². The number of aryl methyl sites for hydroxylation is 1. The van der Waals surface area contributed by atoms with Crippen molar-refractivity contribution in [2.24, 2.45) is 5.92 Å². The summed E-state index contributed by atoms with van der Waals surface area (Å²) < 4.78 is 5.49. The Balaban J connectivity index is 0.000000963. The average molecular weight is 240 g/mol. The molecule has 88 valence electrons. The lowest BCUT2D eigenvalue weighted by Gasteiger charge is -2.28. The van der Waals surface area contributed by atoms with E-state index in [9.17, 15) is 0 Å². The van der Waals surface area contributed by atoms with Crippen LogP contribution >= 0.6 is 12.4 Å². The van der Waals surface area contributed by atoms with Gasteiger partial charge in [-0.05, 0) is 36.9 Å². The fourth-order valence-corrected chi connectivity index (χ4v) is 3.12. The number of methoxy groups -OCH3 is 1. The topological polar surface area (TPSA) is 21.3 Å². The summed E-state index contributed by atoms with van der Waals surface area (Å²) in [6, 6.07) is 6.46. The van der Waals surface area contributed by atoms with E-state index >= 15 is 0 Å². The van der Waals surface area contributed by atoms with Crippen LogP contribution in [-0.2, 0) is 6.42 Å². The number of halogens is 1. The van der Waals surface area contributed by atoms with Crippen molar-refractivity contribution in [3.05, 3.63) is 29.3 Å². The van der Waals surface area contributed by atoms with E-state index in [0.29, 0.717) is 5.92 Å². The molecule has 3 heteroatoms. The van der Waals surface area contributed by atoms with Gasteiger partial charge in [0.2, 0.25) is 0 Å². The van der Waals surface area contributed by atoms with Crippen LogP contribution in [0, 0.1) is 5.92 Å². The standard InChI is InChI=1S/C13H17NO.ClH/c1-15-12-4-2-3-9-5-6-10-7-14-8-11(10)13(9)12;/h2-4,10-11,14H,5-8H2,1H3;1H/t10-,11+;/m0./s1. The van der Waals surface area contributed by atoms with E-state index in [-0.39, 0.29) is 12.4 Å². The zero-order chi connectivity index (χ0) is 10.3. The summed E-state index contributed by atoms with van der Waals surface area (Å²) in [4.78, 5) is 0. The van der Waals surface area contributed by atoms with E-state index in [2.05, 4.69) is 23.5 Å². The zero-order valence-electron chi connectivity index (χ0n) is 9.53. The first-order chi connectivity index (χ1) is 7.40. The Morgan fingerprint density at radius 2 is 2.19 bits per heavy atom. The number of hydrogen-bond acceptors (Lipinski definition) is 2. The van der Waals surface area contributed by atoms with E-state index in [1.165, 1.54) is 30.5 Å². The van der Waals surface area contributed by atoms with Crippen molar-refractivity contribution in [1.29, 1.82) is 0 Å². The quantitative estimate of drug-likeness (QED) is 0.813. The molecule has 2 aliphatic rings. The predicted molar refractivity (Wildman–Crippen MR) is 67.7 cm³/mol. The third-order valence-corrected chi connectivity index (χ3v) is 3.87. The van der Waals surface area contributed by atoms with Gasteiger partial charge in [-0.15, -0.1) is 12.4 Å². The van der Waals surface area contributed by atoms with Crippen LogP contribution in [0.15, 0.2) is 18.2 Å². The van der Waals surface area contributed by atoms with Gasteiger partial charge in [-0.2, -0.15) is 0 Å². The molecule has 1 aromatic rings. The number of ether oxygens (including phenoxy) is 1. The fourth-order valence-electron chi connectivity index (χ4n) is 3.12. The Labute approximate surface area is 103 Å². The molecule has 0 bridgehead atoms. The number of fused-ring (bicyclic) bond motifs is 3. The Bertz CT molecular complexity index is 366. The summed E-state index contributed by atoms with van der Waals surface area (Å²) in [5.74, 6) is 2.60. The summed E-state index contributed by atoms with van der Waals surface area (Å²) in [5.41, 5.74) is 2.97. The highest BCUT2D eigenvalue weighted by Crippen LogP contribution is 2.42. The van der Waals surface area contributed by atoms with E-state index in [4.69, 9.17) is 4.74 Å². The van der Waals surface area contributed by atoms with E-state index in [0.717, 1.165) is 18.2 Å². The lowest BCUT2D eigenvalue weighted by atomic mass is 9.76. The molecule has 1 aromatic carbocycles. The maximum atomic E-state index is 5.49. The largest absolute Gasteiger partial charge is 0.496 e. The van der Waals surface area contributed by atoms with Crippen LogP contribution in [0.1, 0.15) is 23.5 Å². The molecule has 0 spiro atoms. The van der Waals surface area contributed by atoms with Gasteiger partial charge in [-0.25, -0.2) is 0 Å². The normalized spacial score (nSPS) is 26.6. The monoisotopic (exact) mass is 239 g/mol. The highest BCUT2D eigenvalue weighted by molar-refractivity contribution is 5.85. The van der Waals surface area contributed by atoms with E-state index < -0.39 is 0 Å². The number of rotatable bonds is 1. The van der Waals surface area contributed by atoms with Crippen molar-refractivity contribution in [2.45, 2.75) is 18.8 Å². The second-order valence-electron chi connectivity index (χ2n) is 4.60. The van der Waals surface area contributed by atoms with Gasteiger partial charge in [0, 0.05) is 18.0 Å². The van der Waals surface area contributed by atoms with Gasteiger partial charge < -0.3 is 10.1 Å². The van der Waals surface area contributed by atoms with Gasteiger partial charge in [0.05, 0.1) is 7.11 Å². The first-order valence-corrected chi connectivity index (χ1v) is 5.76. The second kappa shape index (κ2) is 4.64. The minimum atomic E-state index is 0. The van der Waals surface area contributed by atoms with Crippen LogP contribution in [0.5, 0.6) is 5.75 Å². The number of hydrogen-bond donors (Lipinski definition) is 1. The second-order valence-corrected chi connectivity index (χ2v) is 4.60. The fraction of sp³-hybridized carbons (Fsp3) is 0.538. The molecule has 0 unspecified atom stereocenters. The minimum absolute atomic E-state index is 0. The van der Waals surface area contributed by atoms with Gasteiger partial charge in [-0.3, -0.25) is 0 Å². The summed E-state index contributed by atoms with van der Waals surface area (Å²) in [7, 11) is 1.78. The molecule has 16 heavy (non-hydrogen) atoms. The molecule has 1 aliphatic carbocycles. The van der Waals surface area contributed by atoms with Crippen molar-refractivity contribution in [3.8, 4) is 5.75 Å². The third-order valence-electron chi connectivity index (χ3n) is 3.87. The average Bonchev–Trinajstić information content (AvgIpc) is 2.76. The molecular weight excluding hydrogens is 222 g/mol. The molecule has 1 fully saturated rings. The van der Waals surface area contributed by atoms with Crippen LogP contribution in [0.25, 0.3) is 0 Å². The molecule has 0 aromatic heterocycles. The Morgan fingerprint density at radius 1 is 1.31 bits per heavy atom.